The predicted molar refractivity (Wildman–Crippen MR) is 77.9 cm³/mol. The molecule has 1 heterocycles. The Kier molecular flexibility index (Phi) is 5.19. The monoisotopic (exact) mass is 256 g/mol. The first-order chi connectivity index (χ1) is 8.26. The molecule has 1 saturated heterocycles. The summed E-state index contributed by atoms with van der Waals surface area (Å²) < 4.78 is 0. The van der Waals surface area contributed by atoms with Crippen molar-refractivity contribution in [3.8, 4) is 0 Å². The van der Waals surface area contributed by atoms with E-state index >= 15 is 0 Å². The Morgan fingerprint density at radius 2 is 2.06 bits per heavy atom. The molecule has 0 aromatic rings. The van der Waals surface area contributed by atoms with E-state index in [4.69, 9.17) is 0 Å². The number of rotatable bonds is 5. The third kappa shape index (κ3) is 3.62. The van der Waals surface area contributed by atoms with E-state index in [1.54, 1.807) is 0 Å². The zero-order chi connectivity index (χ0) is 12.1. The van der Waals surface area contributed by atoms with Gasteiger partial charge in [0.25, 0.3) is 0 Å². The van der Waals surface area contributed by atoms with E-state index in [2.05, 4.69) is 36.1 Å². The van der Waals surface area contributed by atoms with Crippen LogP contribution in [0.25, 0.3) is 0 Å². The van der Waals surface area contributed by atoms with Crippen molar-refractivity contribution in [1.82, 2.24) is 10.2 Å². The number of nitrogens with zero attached hydrogens (tertiary/aromatic N) is 1. The van der Waals surface area contributed by atoms with Crippen LogP contribution in [0.5, 0.6) is 0 Å². The highest BCUT2D eigenvalue weighted by Crippen LogP contribution is 2.31. The lowest BCUT2D eigenvalue weighted by Gasteiger charge is -2.39. The summed E-state index contributed by atoms with van der Waals surface area (Å²) in [5, 5.41) is 3.63. The van der Waals surface area contributed by atoms with Gasteiger partial charge in [0.1, 0.15) is 0 Å². The van der Waals surface area contributed by atoms with Crippen LogP contribution in [0.1, 0.15) is 44.9 Å². The Morgan fingerprint density at radius 1 is 1.29 bits per heavy atom. The van der Waals surface area contributed by atoms with E-state index in [0.29, 0.717) is 5.54 Å². The average molecular weight is 256 g/mol. The van der Waals surface area contributed by atoms with Gasteiger partial charge in [-0.15, -0.1) is 0 Å². The Hall–Kier alpha value is 0.270. The molecule has 0 aromatic heterocycles. The smallest absolute Gasteiger partial charge is 0.0191 e. The molecule has 0 amide bonds. The number of hydrogen-bond donors (Lipinski definition) is 1. The second-order valence-corrected chi connectivity index (χ2v) is 6.99. The highest BCUT2D eigenvalue weighted by molar-refractivity contribution is 7.99. The summed E-state index contributed by atoms with van der Waals surface area (Å²) >= 11 is 2.12. The number of hydrogen-bond acceptors (Lipinski definition) is 3. The Morgan fingerprint density at radius 3 is 2.65 bits per heavy atom. The second kappa shape index (κ2) is 6.44. The van der Waals surface area contributed by atoms with E-state index in [-0.39, 0.29) is 0 Å². The zero-order valence-electron chi connectivity index (χ0n) is 11.5. The average Bonchev–Trinajstić information content (AvgIpc) is 2.91. The number of nitrogens with one attached hydrogen (secondary N) is 1. The lowest BCUT2D eigenvalue weighted by molar-refractivity contribution is 0.178. The fraction of sp³-hybridized carbons (Fsp3) is 1.00. The maximum atomic E-state index is 3.63. The van der Waals surface area contributed by atoms with Gasteiger partial charge in [0.15, 0.2) is 0 Å². The fourth-order valence-electron chi connectivity index (χ4n) is 3.30. The molecule has 0 aromatic carbocycles. The van der Waals surface area contributed by atoms with Gasteiger partial charge in [-0.05, 0) is 52.1 Å². The molecule has 17 heavy (non-hydrogen) atoms. The van der Waals surface area contributed by atoms with Gasteiger partial charge in [0.2, 0.25) is 0 Å². The van der Waals surface area contributed by atoms with Crippen LogP contribution < -0.4 is 5.32 Å². The van der Waals surface area contributed by atoms with Gasteiger partial charge >= 0.3 is 0 Å². The second-order valence-electron chi connectivity index (χ2n) is 5.84. The summed E-state index contributed by atoms with van der Waals surface area (Å²) in [4.78, 5) is 2.60. The first-order valence-electron chi connectivity index (χ1n) is 7.23. The van der Waals surface area contributed by atoms with Crippen LogP contribution in [-0.2, 0) is 0 Å². The van der Waals surface area contributed by atoms with Crippen molar-refractivity contribution in [2.24, 2.45) is 0 Å². The minimum Gasteiger partial charge on any atom is -0.314 e. The van der Waals surface area contributed by atoms with Crippen molar-refractivity contribution in [2.75, 3.05) is 32.1 Å². The highest BCUT2D eigenvalue weighted by Gasteiger charge is 2.31. The molecule has 1 atom stereocenters. The molecular formula is C14H28N2S. The van der Waals surface area contributed by atoms with Crippen LogP contribution in [-0.4, -0.2) is 48.6 Å². The lowest BCUT2D eigenvalue weighted by Crippen LogP contribution is -2.47. The first kappa shape index (κ1) is 13.7. The maximum absolute atomic E-state index is 3.63. The van der Waals surface area contributed by atoms with Gasteiger partial charge in [-0.1, -0.05) is 19.3 Å². The molecule has 2 aliphatic rings. The molecule has 1 aliphatic carbocycles. The molecule has 1 saturated carbocycles. The molecule has 2 nitrogen and oxygen atoms in total. The molecular weight excluding hydrogens is 228 g/mol. The lowest BCUT2D eigenvalue weighted by atomic mass is 9.79. The molecule has 1 unspecified atom stereocenters. The van der Waals surface area contributed by atoms with Crippen LogP contribution >= 0.6 is 11.8 Å². The summed E-state index contributed by atoms with van der Waals surface area (Å²) in [6.07, 6.45) is 9.79. The van der Waals surface area contributed by atoms with Crippen molar-refractivity contribution in [2.45, 2.75) is 56.5 Å². The largest absolute Gasteiger partial charge is 0.314 e. The van der Waals surface area contributed by atoms with Crippen molar-refractivity contribution in [1.29, 1.82) is 0 Å². The van der Waals surface area contributed by atoms with Gasteiger partial charge in [0.05, 0.1) is 0 Å². The van der Waals surface area contributed by atoms with Crippen LogP contribution in [0.2, 0.25) is 0 Å². The minimum atomic E-state index is 0.457. The van der Waals surface area contributed by atoms with E-state index in [1.807, 2.05) is 0 Å². The van der Waals surface area contributed by atoms with Crippen LogP contribution in [0.3, 0.4) is 0 Å². The SMILES string of the molecule is CNC1(CCN(C)C2CCSC2)CCCCC1. The molecule has 2 fully saturated rings. The zero-order valence-corrected chi connectivity index (χ0v) is 12.3. The van der Waals surface area contributed by atoms with Gasteiger partial charge in [-0.2, -0.15) is 11.8 Å². The highest BCUT2D eigenvalue weighted by atomic mass is 32.2. The maximum Gasteiger partial charge on any atom is 0.0191 e. The van der Waals surface area contributed by atoms with E-state index in [1.165, 1.54) is 63.0 Å². The topological polar surface area (TPSA) is 15.3 Å². The molecule has 0 spiro atoms. The molecule has 0 bridgehead atoms. The Balaban J connectivity index is 1.78. The molecule has 0 radical (unpaired) electrons. The normalized spacial score (nSPS) is 28.8. The van der Waals surface area contributed by atoms with Gasteiger partial charge in [-0.25, -0.2) is 0 Å². The summed E-state index contributed by atoms with van der Waals surface area (Å²) in [5.41, 5.74) is 0.457. The standard InChI is InChI=1S/C14H28N2S/c1-15-14(7-4-3-5-8-14)9-10-16(2)13-6-11-17-12-13/h13,15H,3-12H2,1-2H3. The van der Waals surface area contributed by atoms with Gasteiger partial charge < -0.3 is 10.2 Å². The summed E-state index contributed by atoms with van der Waals surface area (Å²) in [7, 11) is 4.49. The van der Waals surface area contributed by atoms with E-state index < -0.39 is 0 Å². The van der Waals surface area contributed by atoms with Crippen molar-refractivity contribution in [3.63, 3.8) is 0 Å². The van der Waals surface area contributed by atoms with Crippen LogP contribution in [0.15, 0.2) is 0 Å². The van der Waals surface area contributed by atoms with Gasteiger partial charge in [0, 0.05) is 17.3 Å². The third-order valence-electron chi connectivity index (χ3n) is 4.81. The third-order valence-corrected chi connectivity index (χ3v) is 5.96. The predicted octanol–water partition coefficient (Wildman–Crippen LogP) is 2.74. The molecule has 100 valence electrons. The molecule has 1 N–H and O–H groups in total. The number of thioether (sulfide) groups is 1. The van der Waals surface area contributed by atoms with Crippen molar-refractivity contribution in [3.05, 3.63) is 0 Å². The Labute approximate surface area is 111 Å². The van der Waals surface area contributed by atoms with E-state index in [0.717, 1.165) is 6.04 Å². The Bertz CT molecular complexity index is 220. The quantitative estimate of drug-likeness (QED) is 0.814. The molecule has 2 rings (SSSR count). The van der Waals surface area contributed by atoms with Crippen LogP contribution in [0, 0.1) is 0 Å². The molecule has 1 aliphatic heterocycles. The fourth-order valence-corrected chi connectivity index (χ4v) is 4.59. The van der Waals surface area contributed by atoms with E-state index in [9.17, 15) is 0 Å². The van der Waals surface area contributed by atoms with Crippen LogP contribution in [0.4, 0.5) is 0 Å². The summed E-state index contributed by atoms with van der Waals surface area (Å²) in [5.74, 6) is 2.72. The first-order valence-corrected chi connectivity index (χ1v) is 8.38. The summed E-state index contributed by atoms with van der Waals surface area (Å²) in [6, 6.07) is 0.845. The summed E-state index contributed by atoms with van der Waals surface area (Å²) in [6.45, 7) is 1.27. The van der Waals surface area contributed by atoms with Gasteiger partial charge in [-0.3, -0.25) is 0 Å². The molecule has 3 heteroatoms. The van der Waals surface area contributed by atoms with Crippen molar-refractivity contribution < 1.29 is 0 Å². The minimum absolute atomic E-state index is 0.457. The van der Waals surface area contributed by atoms with Crippen molar-refractivity contribution >= 4 is 11.8 Å².